The molecule has 0 aromatic carbocycles. The number of pyridine rings is 1. The molecular formula is C21H29N2O+. The van der Waals surface area contributed by atoms with Gasteiger partial charge in [-0.2, -0.15) is 0 Å². The molecule has 0 unspecified atom stereocenters. The normalized spacial score (nSPS) is 16.8. The summed E-state index contributed by atoms with van der Waals surface area (Å²) in [6, 6.07) is 4.48. The highest BCUT2D eigenvalue weighted by atomic mass is 16.5. The maximum absolute atomic E-state index is 7.09. The van der Waals surface area contributed by atoms with E-state index in [0.29, 0.717) is 0 Å². The number of rotatable bonds is 9. The van der Waals surface area contributed by atoms with Crippen molar-refractivity contribution in [2.45, 2.75) is 64.3 Å². The average molecular weight is 325 g/mol. The van der Waals surface area contributed by atoms with Gasteiger partial charge in [-0.3, -0.25) is 0 Å². The number of nitrogens with zero attached hydrogens (tertiary/aromatic N) is 1. The SMILES string of the molecule is N=C/C=C\C1=C(OCCCCC[n+]2cccc3c2CCC3)CCC1. The van der Waals surface area contributed by atoms with Crippen LogP contribution in [0.15, 0.2) is 41.8 Å². The molecule has 1 aromatic heterocycles. The molecule has 1 heterocycles. The Hall–Kier alpha value is -1.90. The number of ether oxygens (including phenoxy) is 1. The molecule has 0 aliphatic heterocycles. The Labute approximate surface area is 145 Å². The topological polar surface area (TPSA) is 37.0 Å². The van der Waals surface area contributed by atoms with E-state index in [-0.39, 0.29) is 0 Å². The lowest BCUT2D eigenvalue weighted by molar-refractivity contribution is -0.704. The summed E-state index contributed by atoms with van der Waals surface area (Å²) in [6.07, 6.45) is 18.1. The van der Waals surface area contributed by atoms with Gasteiger partial charge in [0.2, 0.25) is 0 Å². The van der Waals surface area contributed by atoms with Crippen LogP contribution in [0.3, 0.4) is 0 Å². The third-order valence-electron chi connectivity index (χ3n) is 5.06. The van der Waals surface area contributed by atoms with Crippen molar-refractivity contribution in [1.29, 1.82) is 5.41 Å². The van der Waals surface area contributed by atoms with E-state index in [4.69, 9.17) is 10.1 Å². The van der Waals surface area contributed by atoms with E-state index in [2.05, 4.69) is 22.9 Å². The molecular weight excluding hydrogens is 296 g/mol. The van der Waals surface area contributed by atoms with Crippen molar-refractivity contribution >= 4 is 6.21 Å². The largest absolute Gasteiger partial charge is 0.498 e. The molecule has 0 saturated heterocycles. The number of hydrogen-bond donors (Lipinski definition) is 1. The number of aromatic nitrogens is 1. The molecule has 1 N–H and O–H groups in total. The molecule has 0 bridgehead atoms. The van der Waals surface area contributed by atoms with Crippen LogP contribution in [0.5, 0.6) is 0 Å². The van der Waals surface area contributed by atoms with Crippen molar-refractivity contribution < 1.29 is 9.30 Å². The van der Waals surface area contributed by atoms with Gasteiger partial charge in [-0.1, -0.05) is 6.08 Å². The molecule has 0 fully saturated rings. The first-order valence-electron chi connectivity index (χ1n) is 9.40. The quantitative estimate of drug-likeness (QED) is 0.410. The minimum atomic E-state index is 0.828. The summed E-state index contributed by atoms with van der Waals surface area (Å²) in [7, 11) is 0. The van der Waals surface area contributed by atoms with Crippen LogP contribution in [-0.4, -0.2) is 12.8 Å². The molecule has 0 atom stereocenters. The standard InChI is InChI=1S/C21H29N2O/c22-14-6-10-19-9-5-13-21(19)24-17-3-1-2-15-23-16-7-11-18-8-4-12-20(18)23/h6-7,10-11,14,16,22H,1-5,8-9,12-13,15,17H2/q+1/b10-6-,22-14?. The molecule has 3 heteroatoms. The zero-order valence-corrected chi connectivity index (χ0v) is 14.6. The highest BCUT2D eigenvalue weighted by Crippen LogP contribution is 2.27. The zero-order chi connectivity index (χ0) is 16.6. The van der Waals surface area contributed by atoms with Crippen LogP contribution in [0.2, 0.25) is 0 Å². The van der Waals surface area contributed by atoms with Crippen LogP contribution in [-0.2, 0) is 24.1 Å². The zero-order valence-electron chi connectivity index (χ0n) is 14.6. The van der Waals surface area contributed by atoms with Gasteiger partial charge in [0.1, 0.15) is 6.54 Å². The minimum absolute atomic E-state index is 0.828. The number of aryl methyl sites for hydroxylation is 2. The monoisotopic (exact) mass is 325 g/mol. The minimum Gasteiger partial charge on any atom is -0.498 e. The van der Waals surface area contributed by atoms with Crippen molar-refractivity contribution in [3.05, 3.63) is 53.1 Å². The van der Waals surface area contributed by atoms with E-state index in [9.17, 15) is 0 Å². The van der Waals surface area contributed by atoms with Crippen molar-refractivity contribution in [2.24, 2.45) is 0 Å². The predicted molar refractivity (Wildman–Crippen MR) is 97.3 cm³/mol. The van der Waals surface area contributed by atoms with E-state index in [1.54, 1.807) is 17.3 Å². The third kappa shape index (κ3) is 4.34. The van der Waals surface area contributed by atoms with Crippen molar-refractivity contribution in [3.63, 3.8) is 0 Å². The molecule has 3 nitrogen and oxygen atoms in total. The molecule has 2 aliphatic carbocycles. The van der Waals surface area contributed by atoms with Crippen LogP contribution >= 0.6 is 0 Å². The van der Waals surface area contributed by atoms with E-state index in [1.165, 1.54) is 50.3 Å². The smallest absolute Gasteiger partial charge is 0.184 e. The highest BCUT2D eigenvalue weighted by Gasteiger charge is 2.20. The summed E-state index contributed by atoms with van der Waals surface area (Å²) in [5.74, 6) is 1.16. The summed E-state index contributed by atoms with van der Waals surface area (Å²) in [5.41, 5.74) is 4.40. The van der Waals surface area contributed by atoms with Gasteiger partial charge in [0.25, 0.3) is 0 Å². The van der Waals surface area contributed by atoms with Gasteiger partial charge < -0.3 is 10.1 Å². The van der Waals surface area contributed by atoms with E-state index in [1.807, 2.05) is 6.08 Å². The maximum Gasteiger partial charge on any atom is 0.184 e. The molecule has 0 radical (unpaired) electrons. The average Bonchev–Trinajstić information content (AvgIpc) is 3.25. The molecule has 24 heavy (non-hydrogen) atoms. The summed E-state index contributed by atoms with van der Waals surface area (Å²) >= 11 is 0. The third-order valence-corrected chi connectivity index (χ3v) is 5.06. The summed E-state index contributed by atoms with van der Waals surface area (Å²) in [4.78, 5) is 0. The Morgan fingerprint density at radius 3 is 2.92 bits per heavy atom. The van der Waals surface area contributed by atoms with Crippen LogP contribution in [0.25, 0.3) is 0 Å². The molecule has 128 valence electrons. The van der Waals surface area contributed by atoms with Crippen molar-refractivity contribution in [1.82, 2.24) is 0 Å². The van der Waals surface area contributed by atoms with Gasteiger partial charge in [-0.15, -0.1) is 0 Å². The van der Waals surface area contributed by atoms with E-state index in [0.717, 1.165) is 38.2 Å². The lowest BCUT2D eigenvalue weighted by Crippen LogP contribution is -2.38. The van der Waals surface area contributed by atoms with Crippen molar-refractivity contribution in [2.75, 3.05) is 6.61 Å². The number of allylic oxidation sites excluding steroid dienone is 4. The molecule has 2 aliphatic rings. The summed E-state index contributed by atoms with van der Waals surface area (Å²) < 4.78 is 8.45. The van der Waals surface area contributed by atoms with Gasteiger partial charge in [0.05, 0.1) is 12.4 Å². The van der Waals surface area contributed by atoms with E-state index < -0.39 is 0 Å². The Morgan fingerprint density at radius 2 is 2.00 bits per heavy atom. The van der Waals surface area contributed by atoms with Gasteiger partial charge in [0, 0.05) is 37.1 Å². The van der Waals surface area contributed by atoms with Gasteiger partial charge in [-0.05, 0) is 56.2 Å². The molecule has 0 saturated carbocycles. The maximum atomic E-state index is 7.09. The second-order valence-corrected chi connectivity index (χ2v) is 6.76. The lowest BCUT2D eigenvalue weighted by atomic mass is 10.2. The number of hydrogen-bond acceptors (Lipinski definition) is 2. The molecule has 1 aromatic rings. The van der Waals surface area contributed by atoms with E-state index >= 15 is 0 Å². The fourth-order valence-electron chi connectivity index (χ4n) is 3.82. The Bertz CT molecular complexity index is 631. The Morgan fingerprint density at radius 1 is 1.08 bits per heavy atom. The number of unbranched alkanes of at least 4 members (excludes halogenated alkanes) is 2. The first kappa shape index (κ1) is 16.9. The highest BCUT2D eigenvalue weighted by molar-refractivity contribution is 5.68. The molecule has 0 spiro atoms. The number of fused-ring (bicyclic) bond motifs is 1. The van der Waals surface area contributed by atoms with Crippen LogP contribution < -0.4 is 4.57 Å². The number of nitrogens with one attached hydrogen (secondary N) is 1. The summed E-state index contributed by atoms with van der Waals surface area (Å²) in [6.45, 7) is 1.97. The lowest BCUT2D eigenvalue weighted by Gasteiger charge is -2.08. The first-order valence-corrected chi connectivity index (χ1v) is 9.40. The summed E-state index contributed by atoms with van der Waals surface area (Å²) in [5, 5.41) is 7.09. The van der Waals surface area contributed by atoms with Crippen LogP contribution in [0, 0.1) is 5.41 Å². The fourth-order valence-corrected chi connectivity index (χ4v) is 3.82. The fraction of sp³-hybridized carbons (Fsp3) is 0.524. The van der Waals surface area contributed by atoms with Gasteiger partial charge in [-0.25, -0.2) is 4.57 Å². The Kier molecular flexibility index (Phi) is 6.22. The van der Waals surface area contributed by atoms with Gasteiger partial charge >= 0.3 is 0 Å². The van der Waals surface area contributed by atoms with Gasteiger partial charge in [0.15, 0.2) is 11.9 Å². The first-order chi connectivity index (χ1) is 11.9. The van der Waals surface area contributed by atoms with Crippen LogP contribution in [0.4, 0.5) is 0 Å². The molecule has 3 rings (SSSR count). The molecule has 0 amide bonds. The second kappa shape index (κ2) is 8.81. The van der Waals surface area contributed by atoms with Crippen molar-refractivity contribution in [3.8, 4) is 0 Å². The Balaban J connectivity index is 1.37. The van der Waals surface area contributed by atoms with Crippen LogP contribution in [0.1, 0.15) is 56.2 Å². The predicted octanol–water partition coefficient (Wildman–Crippen LogP) is 4.29. The second-order valence-electron chi connectivity index (χ2n) is 6.76.